The molecule has 1 aromatic rings. The molecule has 0 aromatic heterocycles. The van der Waals surface area contributed by atoms with Crippen molar-refractivity contribution in [1.82, 2.24) is 0 Å². The van der Waals surface area contributed by atoms with Crippen molar-refractivity contribution >= 4 is 11.8 Å². The van der Waals surface area contributed by atoms with Gasteiger partial charge < -0.3 is 19.3 Å². The van der Waals surface area contributed by atoms with Gasteiger partial charge in [0.2, 0.25) is 5.75 Å². The van der Waals surface area contributed by atoms with Crippen molar-refractivity contribution in [3.05, 3.63) is 17.7 Å². The van der Waals surface area contributed by atoms with Crippen molar-refractivity contribution in [3.8, 4) is 17.2 Å². The minimum Gasteiger partial charge on any atom is -0.493 e. The van der Waals surface area contributed by atoms with E-state index in [-0.39, 0.29) is 5.78 Å². The van der Waals surface area contributed by atoms with E-state index in [2.05, 4.69) is 0 Å². The third kappa shape index (κ3) is 3.94. The first-order valence-electron chi connectivity index (χ1n) is 9.04. The van der Waals surface area contributed by atoms with Crippen LogP contribution in [0, 0.1) is 11.8 Å². The highest BCUT2D eigenvalue weighted by molar-refractivity contribution is 5.91. The van der Waals surface area contributed by atoms with Gasteiger partial charge in [0.25, 0.3) is 0 Å². The smallest absolute Gasteiger partial charge is 0.307 e. The lowest BCUT2D eigenvalue weighted by molar-refractivity contribution is -0.148. The van der Waals surface area contributed by atoms with E-state index in [1.807, 2.05) is 6.92 Å². The topological polar surface area (TPSA) is 82.1 Å². The van der Waals surface area contributed by atoms with Gasteiger partial charge in [0.05, 0.1) is 27.2 Å². The van der Waals surface area contributed by atoms with Gasteiger partial charge in [-0.05, 0) is 37.0 Å². The van der Waals surface area contributed by atoms with Gasteiger partial charge >= 0.3 is 5.97 Å². The van der Waals surface area contributed by atoms with Gasteiger partial charge in [-0.2, -0.15) is 0 Å². The Morgan fingerprint density at radius 3 is 2.00 bits per heavy atom. The van der Waals surface area contributed by atoms with Gasteiger partial charge in [0.15, 0.2) is 11.5 Å². The van der Waals surface area contributed by atoms with Gasteiger partial charge in [-0.25, -0.2) is 0 Å². The molecule has 0 bridgehead atoms. The van der Waals surface area contributed by atoms with E-state index in [1.165, 1.54) is 21.3 Å². The van der Waals surface area contributed by atoms with E-state index in [1.54, 1.807) is 12.1 Å². The maximum atomic E-state index is 13.2. The Balaban J connectivity index is 2.40. The van der Waals surface area contributed by atoms with Crippen molar-refractivity contribution in [2.24, 2.45) is 11.8 Å². The number of carboxylic acid groups (broad SMARTS) is 1. The number of aliphatic carboxylic acids is 1. The maximum Gasteiger partial charge on any atom is 0.307 e. The average Bonchev–Trinajstić information content (AvgIpc) is 2.67. The predicted octanol–water partition coefficient (Wildman–Crippen LogP) is 3.67. The summed E-state index contributed by atoms with van der Waals surface area (Å²) >= 11 is 0. The number of ketones is 1. The first-order valence-corrected chi connectivity index (χ1v) is 9.04. The molecule has 1 aromatic carbocycles. The van der Waals surface area contributed by atoms with E-state index in [0.717, 1.165) is 18.4 Å². The van der Waals surface area contributed by atoms with Crippen LogP contribution < -0.4 is 14.2 Å². The van der Waals surface area contributed by atoms with Crippen molar-refractivity contribution in [1.29, 1.82) is 0 Å². The van der Waals surface area contributed by atoms with E-state index in [0.29, 0.717) is 36.5 Å². The third-order valence-electron chi connectivity index (χ3n) is 5.29. The Labute approximate surface area is 154 Å². The van der Waals surface area contributed by atoms with Crippen LogP contribution in [0.1, 0.15) is 50.5 Å². The van der Waals surface area contributed by atoms with Crippen molar-refractivity contribution in [2.45, 2.75) is 44.9 Å². The quantitative estimate of drug-likeness (QED) is 0.758. The molecular formula is C20H28O6. The van der Waals surface area contributed by atoms with Crippen LogP contribution in [-0.4, -0.2) is 38.2 Å². The van der Waals surface area contributed by atoms with Crippen LogP contribution in [-0.2, 0) is 9.59 Å². The molecule has 1 fully saturated rings. The number of carbonyl (C=O) groups is 2. The van der Waals surface area contributed by atoms with E-state index in [9.17, 15) is 14.7 Å². The molecule has 2 rings (SSSR count). The molecule has 0 spiro atoms. The van der Waals surface area contributed by atoms with Crippen molar-refractivity contribution in [2.75, 3.05) is 21.3 Å². The van der Waals surface area contributed by atoms with E-state index in [4.69, 9.17) is 14.2 Å². The zero-order valence-corrected chi connectivity index (χ0v) is 15.9. The molecule has 1 aliphatic carbocycles. The predicted molar refractivity (Wildman–Crippen MR) is 97.2 cm³/mol. The summed E-state index contributed by atoms with van der Waals surface area (Å²) in [6.07, 6.45) is 3.54. The fourth-order valence-electron chi connectivity index (χ4n) is 3.93. The Morgan fingerprint density at radius 1 is 1.04 bits per heavy atom. The fraction of sp³-hybridized carbons (Fsp3) is 0.600. The molecule has 1 N–H and O–H groups in total. The second-order valence-corrected chi connectivity index (χ2v) is 6.66. The summed E-state index contributed by atoms with van der Waals surface area (Å²) in [7, 11) is 4.60. The highest BCUT2D eigenvalue weighted by Crippen LogP contribution is 2.42. The van der Waals surface area contributed by atoms with Crippen LogP contribution in [0.2, 0.25) is 0 Å². The number of rotatable bonds is 8. The van der Waals surface area contributed by atoms with Gasteiger partial charge in [0, 0.05) is 11.8 Å². The van der Waals surface area contributed by atoms with Crippen molar-refractivity contribution < 1.29 is 28.9 Å². The Hall–Kier alpha value is -2.24. The summed E-state index contributed by atoms with van der Waals surface area (Å²) in [5.41, 5.74) is 0.765. The average molecular weight is 364 g/mol. The molecule has 0 aliphatic heterocycles. The summed E-state index contributed by atoms with van der Waals surface area (Å²) in [5, 5.41) is 9.51. The minimum absolute atomic E-state index is 0.00567. The molecule has 0 saturated heterocycles. The number of benzene rings is 1. The summed E-state index contributed by atoms with van der Waals surface area (Å²) in [4.78, 5) is 24.8. The highest BCUT2D eigenvalue weighted by atomic mass is 16.5. The van der Waals surface area contributed by atoms with Gasteiger partial charge in [0.1, 0.15) is 5.78 Å². The van der Waals surface area contributed by atoms with Crippen LogP contribution in [0.5, 0.6) is 17.2 Å². The lowest BCUT2D eigenvalue weighted by atomic mass is 9.72. The number of ether oxygens (including phenoxy) is 3. The molecule has 0 amide bonds. The Morgan fingerprint density at radius 2 is 1.58 bits per heavy atom. The normalized spacial score (nSPS) is 20.9. The Kier molecular flexibility index (Phi) is 6.89. The molecule has 1 saturated carbocycles. The van der Waals surface area contributed by atoms with Crippen molar-refractivity contribution in [3.63, 3.8) is 0 Å². The molecule has 0 radical (unpaired) electrons. The molecule has 6 heteroatoms. The molecule has 6 nitrogen and oxygen atoms in total. The lowest BCUT2D eigenvalue weighted by Gasteiger charge is -2.30. The van der Waals surface area contributed by atoms with Crippen LogP contribution >= 0.6 is 0 Å². The fourth-order valence-corrected chi connectivity index (χ4v) is 3.93. The molecular weight excluding hydrogens is 336 g/mol. The van der Waals surface area contributed by atoms with Crippen LogP contribution in [0.4, 0.5) is 0 Å². The SMILES string of the molecule is CC[C@H](C(=O)C1CCCC[C@H]1C(=O)O)c1cc(OC)c(OC)c(OC)c1. The first kappa shape index (κ1) is 20.1. The Bertz CT molecular complexity index is 629. The molecule has 1 aliphatic rings. The van der Waals surface area contributed by atoms with Crippen LogP contribution in [0.25, 0.3) is 0 Å². The number of methoxy groups -OCH3 is 3. The zero-order chi connectivity index (χ0) is 19.3. The van der Waals surface area contributed by atoms with E-state index < -0.39 is 23.7 Å². The summed E-state index contributed by atoms with van der Waals surface area (Å²) in [5.74, 6) is -0.844. The lowest BCUT2D eigenvalue weighted by Crippen LogP contribution is -2.35. The summed E-state index contributed by atoms with van der Waals surface area (Å²) in [6.45, 7) is 1.93. The number of Topliss-reactive ketones (excluding diaryl/α,β-unsaturated/α-hetero) is 1. The standard InChI is InChI=1S/C20H28O6/c1-5-13(18(21)14-8-6-7-9-15(14)20(22)23)12-10-16(24-2)19(26-4)17(11-12)25-3/h10-11,13-15H,5-9H2,1-4H3,(H,22,23)/t13-,14?,15+/m0/s1. The molecule has 26 heavy (non-hydrogen) atoms. The first-order chi connectivity index (χ1) is 12.5. The molecule has 0 heterocycles. The maximum absolute atomic E-state index is 13.2. The second kappa shape index (κ2) is 8.92. The molecule has 1 unspecified atom stereocenters. The molecule has 3 atom stereocenters. The zero-order valence-electron chi connectivity index (χ0n) is 15.9. The molecule has 144 valence electrons. The largest absolute Gasteiger partial charge is 0.493 e. The van der Waals surface area contributed by atoms with Gasteiger partial charge in [-0.15, -0.1) is 0 Å². The number of hydrogen-bond donors (Lipinski definition) is 1. The number of carbonyl (C=O) groups excluding carboxylic acids is 1. The second-order valence-electron chi connectivity index (χ2n) is 6.66. The summed E-state index contributed by atoms with van der Waals surface area (Å²) < 4.78 is 16.1. The summed E-state index contributed by atoms with van der Waals surface area (Å²) in [6, 6.07) is 3.57. The highest BCUT2D eigenvalue weighted by Gasteiger charge is 2.38. The van der Waals surface area contributed by atoms with Gasteiger partial charge in [-0.3, -0.25) is 9.59 Å². The number of carboxylic acids is 1. The third-order valence-corrected chi connectivity index (χ3v) is 5.29. The number of hydrogen-bond acceptors (Lipinski definition) is 5. The van der Waals surface area contributed by atoms with Crippen LogP contribution in [0.15, 0.2) is 12.1 Å². The monoisotopic (exact) mass is 364 g/mol. The van der Waals surface area contributed by atoms with E-state index >= 15 is 0 Å². The van der Waals surface area contributed by atoms with Crippen LogP contribution in [0.3, 0.4) is 0 Å². The minimum atomic E-state index is -0.872. The van der Waals surface area contributed by atoms with Gasteiger partial charge in [-0.1, -0.05) is 19.8 Å².